The number of carbonyl (C=O) groups is 1. The Bertz CT molecular complexity index is 610. The predicted molar refractivity (Wildman–Crippen MR) is 70.5 cm³/mol. The largest absolute Gasteiger partial charge is 0.346 e. The van der Waals surface area contributed by atoms with E-state index in [1.807, 2.05) is 5.32 Å². The van der Waals surface area contributed by atoms with Crippen LogP contribution in [-0.4, -0.2) is 27.3 Å². The van der Waals surface area contributed by atoms with Crippen LogP contribution in [0, 0.1) is 0 Å². The van der Waals surface area contributed by atoms with E-state index in [2.05, 4.69) is 15.9 Å². The van der Waals surface area contributed by atoms with Crippen LogP contribution in [0.2, 0.25) is 5.02 Å². The van der Waals surface area contributed by atoms with E-state index in [-0.39, 0.29) is 20.0 Å². The molecule has 1 rings (SSSR count). The molecule has 0 heterocycles. The van der Waals surface area contributed by atoms with Crippen molar-refractivity contribution in [2.45, 2.75) is 11.3 Å². The number of benzene rings is 1. The first-order chi connectivity index (χ1) is 8.62. The van der Waals surface area contributed by atoms with Crippen LogP contribution < -0.4 is 5.32 Å². The van der Waals surface area contributed by atoms with Crippen molar-refractivity contribution >= 4 is 53.2 Å². The number of hydrogen-bond donors (Lipinski definition) is 1. The molecule has 106 valence electrons. The molecule has 0 aliphatic carbocycles. The van der Waals surface area contributed by atoms with Crippen molar-refractivity contribution in [3.05, 3.63) is 27.2 Å². The van der Waals surface area contributed by atoms with Gasteiger partial charge >= 0.3 is 0 Å². The van der Waals surface area contributed by atoms with Crippen molar-refractivity contribution in [1.29, 1.82) is 0 Å². The van der Waals surface area contributed by atoms with Gasteiger partial charge in [0.05, 0.1) is 22.0 Å². The zero-order chi connectivity index (χ0) is 14.8. The van der Waals surface area contributed by atoms with E-state index in [0.29, 0.717) is 0 Å². The molecule has 10 heteroatoms. The third kappa shape index (κ3) is 4.55. The second kappa shape index (κ2) is 6.34. The maximum Gasteiger partial charge on any atom is 0.262 e. The minimum Gasteiger partial charge on any atom is -0.346 e. The molecule has 1 aromatic rings. The molecule has 0 saturated carbocycles. The zero-order valence-electron chi connectivity index (χ0n) is 8.96. The lowest BCUT2D eigenvalue weighted by atomic mass is 10.2. The molecular weight excluding hydrogens is 391 g/mol. The summed E-state index contributed by atoms with van der Waals surface area (Å²) >= 11 is 8.67. The Morgan fingerprint density at radius 3 is 2.47 bits per heavy atom. The summed E-state index contributed by atoms with van der Waals surface area (Å²) in [7, 11) is 1.07. The predicted octanol–water partition coefficient (Wildman–Crippen LogP) is 3.02. The van der Waals surface area contributed by atoms with Gasteiger partial charge in [0, 0.05) is 15.2 Å². The fourth-order valence-electron chi connectivity index (χ4n) is 1.16. The summed E-state index contributed by atoms with van der Waals surface area (Å²) in [4.78, 5) is 11.2. The molecule has 0 aliphatic rings. The Morgan fingerprint density at radius 2 is 2.00 bits per heavy atom. The second-order valence-corrected chi connectivity index (χ2v) is 7.10. The number of halogens is 5. The fraction of sp³-hybridized carbons (Fsp3) is 0.222. The van der Waals surface area contributed by atoms with Gasteiger partial charge in [0.1, 0.15) is 0 Å². The van der Waals surface area contributed by atoms with E-state index in [4.69, 9.17) is 22.3 Å². The molecule has 0 aromatic heterocycles. The molecule has 0 atom stereocenters. The first kappa shape index (κ1) is 16.6. The number of hydrogen-bond acceptors (Lipinski definition) is 3. The first-order valence-electron chi connectivity index (χ1n) is 4.63. The molecule has 0 fully saturated rings. The number of amides is 1. The Hall–Kier alpha value is -0.440. The van der Waals surface area contributed by atoms with Crippen molar-refractivity contribution in [3.8, 4) is 0 Å². The van der Waals surface area contributed by atoms with Crippen LogP contribution in [0.3, 0.4) is 0 Å². The molecule has 0 unspecified atom stereocenters. The summed E-state index contributed by atoms with van der Waals surface area (Å²) in [6, 6.07) is 2.06. The van der Waals surface area contributed by atoms with Gasteiger partial charge < -0.3 is 5.32 Å². The Kier molecular flexibility index (Phi) is 5.54. The summed E-state index contributed by atoms with van der Waals surface area (Å²) in [5, 5.41) is 1.82. The van der Waals surface area contributed by atoms with E-state index in [0.717, 1.165) is 12.1 Å². The SMILES string of the molecule is O=C(NCC(F)F)c1cc(S(=O)(=O)Cl)c(Br)cc1Cl. The van der Waals surface area contributed by atoms with E-state index in [1.54, 1.807) is 0 Å². The molecular formula is C9H6BrCl2F2NO3S. The molecule has 0 aliphatic heterocycles. The third-order valence-electron chi connectivity index (χ3n) is 1.95. The number of alkyl halides is 2. The highest BCUT2D eigenvalue weighted by Gasteiger charge is 2.21. The van der Waals surface area contributed by atoms with Gasteiger partial charge in [-0.1, -0.05) is 11.6 Å². The maximum absolute atomic E-state index is 12.0. The summed E-state index contributed by atoms with van der Waals surface area (Å²) in [6.45, 7) is -0.867. The average molecular weight is 397 g/mol. The zero-order valence-corrected chi connectivity index (χ0v) is 12.9. The summed E-state index contributed by atoms with van der Waals surface area (Å²) in [6.07, 6.45) is -2.73. The quantitative estimate of drug-likeness (QED) is 0.795. The molecule has 0 radical (unpaired) electrons. The first-order valence-corrected chi connectivity index (χ1v) is 8.11. The average Bonchev–Trinajstić information content (AvgIpc) is 2.24. The van der Waals surface area contributed by atoms with Crippen LogP contribution in [0.1, 0.15) is 10.4 Å². The van der Waals surface area contributed by atoms with Gasteiger partial charge in [0.15, 0.2) is 0 Å². The molecule has 0 spiro atoms. The van der Waals surface area contributed by atoms with Crippen molar-refractivity contribution in [1.82, 2.24) is 5.32 Å². The van der Waals surface area contributed by atoms with Crippen molar-refractivity contribution in [2.24, 2.45) is 0 Å². The highest BCUT2D eigenvalue weighted by molar-refractivity contribution is 9.10. The minimum absolute atomic E-state index is 0.0675. The molecule has 4 nitrogen and oxygen atoms in total. The van der Waals surface area contributed by atoms with Crippen molar-refractivity contribution in [3.63, 3.8) is 0 Å². The molecule has 0 bridgehead atoms. The standard InChI is InChI=1S/C9H6BrCl2F2NO3S/c10-5-2-6(11)4(1-7(5)19(12,17)18)9(16)15-3-8(13)14/h1-2,8H,3H2,(H,15,16). The fourth-order valence-corrected chi connectivity index (χ4v) is 3.73. The summed E-state index contributed by atoms with van der Waals surface area (Å²) < 4.78 is 46.5. The van der Waals surface area contributed by atoms with Crippen LogP contribution in [0.25, 0.3) is 0 Å². The second-order valence-electron chi connectivity index (χ2n) is 3.30. The van der Waals surface area contributed by atoms with Gasteiger partial charge in [-0.15, -0.1) is 0 Å². The Morgan fingerprint density at radius 1 is 1.42 bits per heavy atom. The summed E-state index contributed by atoms with van der Waals surface area (Å²) in [5.41, 5.74) is -0.259. The van der Waals surface area contributed by atoms with Crippen LogP contribution in [0.4, 0.5) is 8.78 Å². The van der Waals surface area contributed by atoms with E-state index in [9.17, 15) is 22.0 Å². The van der Waals surface area contributed by atoms with E-state index in [1.165, 1.54) is 0 Å². The normalized spacial score (nSPS) is 11.7. The van der Waals surface area contributed by atoms with Gasteiger partial charge in [-0.2, -0.15) is 0 Å². The minimum atomic E-state index is -4.10. The summed E-state index contributed by atoms with van der Waals surface area (Å²) in [5.74, 6) is -0.917. The lowest BCUT2D eigenvalue weighted by Crippen LogP contribution is -2.28. The smallest absolute Gasteiger partial charge is 0.262 e. The van der Waals surface area contributed by atoms with Gasteiger partial charge in [-0.05, 0) is 28.1 Å². The van der Waals surface area contributed by atoms with Crippen LogP contribution in [0.15, 0.2) is 21.5 Å². The third-order valence-corrected chi connectivity index (χ3v) is 4.54. The topological polar surface area (TPSA) is 63.2 Å². The monoisotopic (exact) mass is 395 g/mol. The molecule has 1 amide bonds. The van der Waals surface area contributed by atoms with E-state index >= 15 is 0 Å². The van der Waals surface area contributed by atoms with Gasteiger partial charge in [-0.25, -0.2) is 17.2 Å². The van der Waals surface area contributed by atoms with Crippen LogP contribution >= 0.6 is 38.2 Å². The van der Waals surface area contributed by atoms with Gasteiger partial charge in [-0.3, -0.25) is 4.79 Å². The number of rotatable bonds is 4. The lowest BCUT2D eigenvalue weighted by Gasteiger charge is -2.09. The lowest BCUT2D eigenvalue weighted by molar-refractivity contribution is 0.0891. The highest BCUT2D eigenvalue weighted by atomic mass is 79.9. The Balaban J connectivity index is 3.19. The Labute approximate surface area is 125 Å². The maximum atomic E-state index is 12.0. The highest BCUT2D eigenvalue weighted by Crippen LogP contribution is 2.30. The van der Waals surface area contributed by atoms with Crippen LogP contribution in [0.5, 0.6) is 0 Å². The van der Waals surface area contributed by atoms with Gasteiger partial charge in [0.25, 0.3) is 21.4 Å². The van der Waals surface area contributed by atoms with Gasteiger partial charge in [0.2, 0.25) is 0 Å². The molecule has 0 saturated heterocycles. The van der Waals surface area contributed by atoms with Crippen molar-refractivity contribution in [2.75, 3.05) is 6.54 Å². The number of carbonyl (C=O) groups excluding carboxylic acids is 1. The van der Waals surface area contributed by atoms with Crippen LogP contribution in [-0.2, 0) is 9.05 Å². The molecule has 1 aromatic carbocycles. The van der Waals surface area contributed by atoms with Crippen molar-refractivity contribution < 1.29 is 22.0 Å². The van der Waals surface area contributed by atoms with E-state index < -0.39 is 27.9 Å². The number of nitrogens with one attached hydrogen (secondary N) is 1. The molecule has 1 N–H and O–H groups in total. The molecule has 19 heavy (non-hydrogen) atoms.